The lowest BCUT2D eigenvalue weighted by Crippen LogP contribution is -2.40. The smallest absolute Gasteiger partial charge is 0.321 e. The van der Waals surface area contributed by atoms with E-state index in [9.17, 15) is 9.59 Å². The van der Waals surface area contributed by atoms with Crippen LogP contribution in [-0.2, 0) is 4.79 Å². The molecular weight excluding hydrogens is 368 g/mol. The number of nitrogens with zero attached hydrogens (tertiary/aromatic N) is 2. The third-order valence-electron chi connectivity index (χ3n) is 3.48. The topological polar surface area (TPSA) is 84.0 Å². The maximum Gasteiger partial charge on any atom is 0.321 e. The van der Waals surface area contributed by atoms with E-state index in [0.29, 0.717) is 6.54 Å². The number of thioether (sulfide) groups is 1. The van der Waals surface area contributed by atoms with Gasteiger partial charge in [0.15, 0.2) is 0 Å². The number of amides is 3. The molecule has 0 radical (unpaired) electrons. The predicted octanol–water partition coefficient (Wildman–Crippen LogP) is 3.69. The minimum atomic E-state index is -0.466. The molecule has 3 amide bonds. The molecule has 0 aliphatic heterocycles. The zero-order chi connectivity index (χ0) is 18.4. The molecule has 0 atom stereocenters. The minimum Gasteiger partial charge on any atom is -0.338 e. The van der Waals surface area contributed by atoms with Crippen LogP contribution in [0.3, 0.4) is 0 Å². The Morgan fingerprint density at radius 1 is 1.19 bits per heavy atom. The van der Waals surface area contributed by atoms with E-state index in [4.69, 9.17) is 0 Å². The maximum absolute atomic E-state index is 11.9. The predicted molar refractivity (Wildman–Crippen MR) is 105 cm³/mol. The Kier molecular flexibility index (Phi) is 6.19. The van der Waals surface area contributed by atoms with Crippen molar-refractivity contribution in [3.05, 3.63) is 42.7 Å². The van der Waals surface area contributed by atoms with E-state index in [1.807, 2.05) is 43.3 Å². The van der Waals surface area contributed by atoms with Crippen molar-refractivity contribution in [3.8, 4) is 10.4 Å². The molecule has 0 spiro atoms. The summed E-state index contributed by atoms with van der Waals surface area (Å²) in [5, 5.41) is 6.58. The van der Waals surface area contributed by atoms with Crippen molar-refractivity contribution >= 4 is 45.3 Å². The third kappa shape index (κ3) is 4.59. The van der Waals surface area contributed by atoms with Crippen LogP contribution in [0.1, 0.15) is 13.3 Å². The molecule has 8 heteroatoms. The van der Waals surface area contributed by atoms with E-state index >= 15 is 0 Å². The van der Waals surface area contributed by atoms with Crippen molar-refractivity contribution in [2.24, 2.45) is 0 Å². The fraction of sp³-hybridized carbons (Fsp3) is 0.222. The van der Waals surface area contributed by atoms with Crippen LogP contribution in [0.4, 0.5) is 4.79 Å². The molecule has 1 aromatic carbocycles. The first-order valence-electron chi connectivity index (χ1n) is 8.18. The fourth-order valence-corrected chi connectivity index (χ4v) is 4.11. The lowest BCUT2D eigenvalue weighted by Gasteiger charge is -2.05. The number of fused-ring (bicyclic) bond motifs is 1. The van der Waals surface area contributed by atoms with Gasteiger partial charge in [0.05, 0.1) is 5.75 Å². The lowest BCUT2D eigenvalue weighted by molar-refractivity contribution is -0.117. The van der Waals surface area contributed by atoms with Gasteiger partial charge >= 0.3 is 6.03 Å². The van der Waals surface area contributed by atoms with Crippen molar-refractivity contribution in [1.82, 2.24) is 20.6 Å². The molecule has 134 valence electrons. The first-order chi connectivity index (χ1) is 12.7. The summed E-state index contributed by atoms with van der Waals surface area (Å²) in [6.07, 6.45) is 2.32. The first kappa shape index (κ1) is 18.3. The Labute approximate surface area is 159 Å². The van der Waals surface area contributed by atoms with Gasteiger partial charge in [-0.05, 0) is 18.1 Å². The van der Waals surface area contributed by atoms with Crippen molar-refractivity contribution in [3.63, 3.8) is 0 Å². The number of imide groups is 1. The first-order valence-corrected chi connectivity index (χ1v) is 9.98. The molecule has 2 N–H and O–H groups in total. The molecule has 0 saturated carbocycles. The Hall–Kier alpha value is -2.45. The van der Waals surface area contributed by atoms with Gasteiger partial charge in [-0.25, -0.2) is 14.8 Å². The Morgan fingerprint density at radius 2 is 2.00 bits per heavy atom. The number of nitrogens with one attached hydrogen (secondary N) is 2. The number of hydrogen-bond donors (Lipinski definition) is 2. The second-order valence-corrected chi connectivity index (χ2v) is 7.46. The van der Waals surface area contributed by atoms with Crippen molar-refractivity contribution in [2.75, 3.05) is 12.3 Å². The lowest BCUT2D eigenvalue weighted by atomic mass is 10.2. The fourth-order valence-electron chi connectivity index (χ4n) is 2.27. The van der Waals surface area contributed by atoms with Crippen molar-refractivity contribution in [2.45, 2.75) is 18.4 Å². The average Bonchev–Trinajstić information content (AvgIpc) is 3.10. The Bertz CT molecular complexity index is 912. The molecule has 0 bridgehead atoms. The summed E-state index contributed by atoms with van der Waals surface area (Å²) in [4.78, 5) is 34.0. The standard InChI is InChI=1S/C18H18N4O2S2/c1-2-8-19-18(24)22-15(23)10-25-16-13-9-14(12-6-4-3-5-7-12)26-17(13)21-11-20-16/h3-7,9,11H,2,8,10H2,1H3,(H2,19,22,23,24). The van der Waals surface area contributed by atoms with Crippen LogP contribution < -0.4 is 10.6 Å². The number of aromatic nitrogens is 2. The van der Waals surface area contributed by atoms with Crippen LogP contribution in [0.15, 0.2) is 47.8 Å². The van der Waals surface area contributed by atoms with E-state index in [2.05, 4.69) is 20.6 Å². The Morgan fingerprint density at radius 3 is 2.77 bits per heavy atom. The summed E-state index contributed by atoms with van der Waals surface area (Å²) < 4.78 is 0. The SMILES string of the molecule is CCCNC(=O)NC(=O)CSc1ncnc2sc(-c3ccccc3)cc12. The molecule has 0 aliphatic rings. The molecule has 2 heterocycles. The van der Waals surface area contributed by atoms with E-state index in [1.165, 1.54) is 18.1 Å². The zero-order valence-electron chi connectivity index (χ0n) is 14.2. The van der Waals surface area contributed by atoms with Crippen LogP contribution >= 0.6 is 23.1 Å². The molecule has 0 fully saturated rings. The van der Waals surface area contributed by atoms with Crippen LogP contribution in [0.2, 0.25) is 0 Å². The van der Waals surface area contributed by atoms with E-state index in [1.54, 1.807) is 11.3 Å². The summed E-state index contributed by atoms with van der Waals surface area (Å²) in [7, 11) is 0. The normalized spacial score (nSPS) is 10.7. The highest BCUT2D eigenvalue weighted by molar-refractivity contribution is 8.00. The van der Waals surface area contributed by atoms with Gasteiger partial charge in [-0.2, -0.15) is 0 Å². The second-order valence-electron chi connectivity index (χ2n) is 5.47. The summed E-state index contributed by atoms with van der Waals surface area (Å²) in [6.45, 7) is 2.48. The Balaban J connectivity index is 1.69. The number of carbonyl (C=O) groups is 2. The molecule has 6 nitrogen and oxygen atoms in total. The highest BCUT2D eigenvalue weighted by atomic mass is 32.2. The van der Waals surface area contributed by atoms with Gasteiger partial charge in [-0.15, -0.1) is 11.3 Å². The number of hydrogen-bond acceptors (Lipinski definition) is 6. The van der Waals surface area contributed by atoms with Gasteiger partial charge in [0, 0.05) is 16.8 Å². The number of rotatable bonds is 6. The summed E-state index contributed by atoms with van der Waals surface area (Å²) in [5.74, 6) is -0.240. The van der Waals surface area contributed by atoms with Gasteiger partial charge < -0.3 is 5.32 Å². The van der Waals surface area contributed by atoms with Gasteiger partial charge in [0.2, 0.25) is 5.91 Å². The maximum atomic E-state index is 11.9. The van der Waals surface area contributed by atoms with Crippen LogP contribution in [0, 0.1) is 0 Å². The van der Waals surface area contributed by atoms with E-state index in [-0.39, 0.29) is 11.7 Å². The van der Waals surface area contributed by atoms with Gasteiger partial charge in [0.25, 0.3) is 0 Å². The summed E-state index contributed by atoms with van der Waals surface area (Å²) in [6, 6.07) is 11.6. The van der Waals surface area contributed by atoms with Gasteiger partial charge in [0.1, 0.15) is 16.2 Å². The monoisotopic (exact) mass is 386 g/mol. The number of benzene rings is 1. The van der Waals surface area contributed by atoms with Gasteiger partial charge in [-0.1, -0.05) is 49.0 Å². The summed E-state index contributed by atoms with van der Waals surface area (Å²) in [5.41, 5.74) is 1.12. The number of carbonyl (C=O) groups excluding carboxylic acids is 2. The van der Waals surface area contributed by atoms with Crippen molar-refractivity contribution < 1.29 is 9.59 Å². The van der Waals surface area contributed by atoms with E-state index < -0.39 is 6.03 Å². The molecule has 26 heavy (non-hydrogen) atoms. The highest BCUT2D eigenvalue weighted by Gasteiger charge is 2.13. The third-order valence-corrected chi connectivity index (χ3v) is 5.58. The molecule has 0 saturated heterocycles. The number of urea groups is 1. The molecule has 2 aromatic heterocycles. The largest absolute Gasteiger partial charge is 0.338 e. The average molecular weight is 387 g/mol. The van der Waals surface area contributed by atoms with Gasteiger partial charge in [-0.3, -0.25) is 10.1 Å². The second kappa shape index (κ2) is 8.77. The molecule has 3 rings (SSSR count). The van der Waals surface area contributed by atoms with Crippen LogP contribution in [0.25, 0.3) is 20.7 Å². The molecular formula is C18H18N4O2S2. The zero-order valence-corrected chi connectivity index (χ0v) is 15.8. The quantitative estimate of drug-likeness (QED) is 0.499. The van der Waals surface area contributed by atoms with Crippen LogP contribution in [-0.4, -0.2) is 34.2 Å². The minimum absolute atomic E-state index is 0.113. The highest BCUT2D eigenvalue weighted by Crippen LogP contribution is 2.35. The number of thiophene rings is 1. The molecule has 0 unspecified atom stereocenters. The molecule has 0 aliphatic carbocycles. The van der Waals surface area contributed by atoms with Crippen molar-refractivity contribution in [1.29, 1.82) is 0 Å². The summed E-state index contributed by atoms with van der Waals surface area (Å²) >= 11 is 2.89. The molecule has 3 aromatic rings. The van der Waals surface area contributed by atoms with Crippen LogP contribution in [0.5, 0.6) is 0 Å². The van der Waals surface area contributed by atoms with E-state index in [0.717, 1.165) is 32.1 Å².